The maximum absolute atomic E-state index is 5.81. The Morgan fingerprint density at radius 1 is 0.833 bits per heavy atom. The van der Waals surface area contributed by atoms with Gasteiger partial charge in [0, 0.05) is 17.8 Å². The lowest BCUT2D eigenvalue weighted by Gasteiger charge is -2.10. The van der Waals surface area contributed by atoms with E-state index in [2.05, 4.69) is 25.8 Å². The Morgan fingerprint density at radius 2 is 1.57 bits per heavy atom. The highest BCUT2D eigenvalue weighted by molar-refractivity contribution is 5.57. The third-order valence-electron chi connectivity index (χ3n) is 4.29. The fraction of sp³-hybridized carbons (Fsp3) is 0.0870. The van der Waals surface area contributed by atoms with Gasteiger partial charge >= 0.3 is 0 Å². The number of nitrogens with zero attached hydrogens (tertiary/aromatic N) is 3. The quantitative estimate of drug-likeness (QED) is 0.430. The van der Waals surface area contributed by atoms with E-state index in [9.17, 15) is 0 Å². The Hall–Kier alpha value is -4.13. The van der Waals surface area contributed by atoms with Gasteiger partial charge < -0.3 is 20.1 Å². The van der Waals surface area contributed by atoms with Crippen LogP contribution in [-0.2, 0) is 6.54 Å². The van der Waals surface area contributed by atoms with Crippen molar-refractivity contribution in [3.8, 4) is 17.2 Å². The SMILES string of the molecule is COc1ccccc1CNc1nncc(Nc2ccc(Oc3ccccc3)cc2)n1. The minimum atomic E-state index is 0.426. The molecule has 0 fully saturated rings. The van der Waals surface area contributed by atoms with E-state index in [4.69, 9.17) is 9.47 Å². The van der Waals surface area contributed by atoms with E-state index in [0.717, 1.165) is 28.5 Å². The van der Waals surface area contributed by atoms with E-state index < -0.39 is 0 Å². The van der Waals surface area contributed by atoms with Gasteiger partial charge in [-0.25, -0.2) is 0 Å². The van der Waals surface area contributed by atoms with Crippen molar-refractivity contribution in [2.45, 2.75) is 6.54 Å². The van der Waals surface area contributed by atoms with Crippen LogP contribution in [0.3, 0.4) is 0 Å². The molecule has 2 N–H and O–H groups in total. The van der Waals surface area contributed by atoms with E-state index in [-0.39, 0.29) is 0 Å². The van der Waals surface area contributed by atoms with Crippen molar-refractivity contribution in [3.05, 3.63) is 90.6 Å². The van der Waals surface area contributed by atoms with Gasteiger partial charge in [-0.3, -0.25) is 0 Å². The zero-order valence-corrected chi connectivity index (χ0v) is 16.4. The minimum Gasteiger partial charge on any atom is -0.496 e. The Labute approximate surface area is 174 Å². The average Bonchev–Trinajstić information content (AvgIpc) is 2.80. The molecule has 4 rings (SSSR count). The number of hydrogen-bond donors (Lipinski definition) is 2. The summed E-state index contributed by atoms with van der Waals surface area (Å²) in [5.41, 5.74) is 1.88. The van der Waals surface area contributed by atoms with Crippen molar-refractivity contribution in [1.29, 1.82) is 0 Å². The van der Waals surface area contributed by atoms with Gasteiger partial charge in [0.05, 0.1) is 13.3 Å². The molecule has 4 aromatic rings. The zero-order chi connectivity index (χ0) is 20.6. The van der Waals surface area contributed by atoms with E-state index in [1.54, 1.807) is 13.3 Å². The van der Waals surface area contributed by atoms with Gasteiger partial charge in [0.15, 0.2) is 5.82 Å². The Bertz CT molecular complexity index is 1090. The second-order valence-corrected chi connectivity index (χ2v) is 6.40. The van der Waals surface area contributed by atoms with E-state index in [0.29, 0.717) is 18.3 Å². The van der Waals surface area contributed by atoms with Crippen LogP contribution in [0.15, 0.2) is 85.1 Å². The molecule has 0 radical (unpaired) electrons. The van der Waals surface area contributed by atoms with Gasteiger partial charge in [-0.05, 0) is 42.5 Å². The normalized spacial score (nSPS) is 10.3. The van der Waals surface area contributed by atoms with Crippen LogP contribution in [0.2, 0.25) is 0 Å². The Balaban J connectivity index is 1.38. The highest BCUT2D eigenvalue weighted by atomic mass is 16.5. The van der Waals surface area contributed by atoms with Crippen LogP contribution < -0.4 is 20.1 Å². The maximum atomic E-state index is 5.81. The molecule has 0 saturated carbocycles. The molecule has 0 aliphatic carbocycles. The number of ether oxygens (including phenoxy) is 2. The van der Waals surface area contributed by atoms with E-state index in [1.165, 1.54) is 0 Å². The number of rotatable bonds is 8. The van der Waals surface area contributed by atoms with E-state index >= 15 is 0 Å². The third-order valence-corrected chi connectivity index (χ3v) is 4.29. The van der Waals surface area contributed by atoms with Crippen molar-refractivity contribution < 1.29 is 9.47 Å². The molecule has 0 unspecified atom stereocenters. The van der Waals surface area contributed by atoms with Gasteiger partial charge in [0.25, 0.3) is 0 Å². The summed E-state index contributed by atoms with van der Waals surface area (Å²) in [4.78, 5) is 4.46. The second kappa shape index (κ2) is 9.38. The highest BCUT2D eigenvalue weighted by Crippen LogP contribution is 2.24. The van der Waals surface area contributed by atoms with Crippen LogP contribution in [0.5, 0.6) is 17.2 Å². The first-order chi connectivity index (χ1) is 14.8. The number of hydrogen-bond acceptors (Lipinski definition) is 7. The summed E-state index contributed by atoms with van der Waals surface area (Å²) in [6.07, 6.45) is 1.57. The van der Waals surface area contributed by atoms with Crippen LogP contribution in [0.1, 0.15) is 5.56 Å². The van der Waals surface area contributed by atoms with Gasteiger partial charge in [-0.1, -0.05) is 36.4 Å². The molecule has 150 valence electrons. The number of benzene rings is 3. The number of para-hydroxylation sites is 2. The third kappa shape index (κ3) is 5.02. The van der Waals surface area contributed by atoms with Crippen LogP contribution in [0.4, 0.5) is 17.5 Å². The fourth-order valence-electron chi connectivity index (χ4n) is 2.84. The number of nitrogens with one attached hydrogen (secondary N) is 2. The molecular weight excluding hydrogens is 378 g/mol. The van der Waals surface area contributed by atoms with Crippen LogP contribution in [0, 0.1) is 0 Å². The summed E-state index contributed by atoms with van der Waals surface area (Å²) in [7, 11) is 1.65. The summed E-state index contributed by atoms with van der Waals surface area (Å²) in [6.45, 7) is 0.528. The molecule has 3 aromatic carbocycles. The molecule has 0 atom stereocenters. The number of methoxy groups -OCH3 is 1. The Kier molecular flexibility index (Phi) is 6.00. The first-order valence-electron chi connectivity index (χ1n) is 9.45. The van der Waals surface area contributed by atoms with Gasteiger partial charge in [-0.15, -0.1) is 5.10 Å². The molecule has 7 nitrogen and oxygen atoms in total. The molecule has 30 heavy (non-hydrogen) atoms. The molecule has 0 amide bonds. The molecule has 0 aliphatic heterocycles. The van der Waals surface area contributed by atoms with Crippen molar-refractivity contribution in [1.82, 2.24) is 15.2 Å². The molecule has 1 aromatic heterocycles. The molecule has 0 saturated heterocycles. The summed E-state index contributed by atoms with van der Waals surface area (Å²) in [5.74, 6) is 3.37. The molecule has 0 bridgehead atoms. The smallest absolute Gasteiger partial charge is 0.244 e. The summed E-state index contributed by atoms with van der Waals surface area (Å²) in [6, 6.07) is 25.1. The van der Waals surface area contributed by atoms with Crippen molar-refractivity contribution >= 4 is 17.5 Å². The molecule has 0 spiro atoms. The first kappa shape index (κ1) is 19.2. The minimum absolute atomic E-state index is 0.426. The monoisotopic (exact) mass is 399 g/mol. The first-order valence-corrected chi connectivity index (χ1v) is 9.45. The van der Waals surface area contributed by atoms with Gasteiger partial charge in [-0.2, -0.15) is 10.1 Å². The molecule has 7 heteroatoms. The van der Waals surface area contributed by atoms with Crippen LogP contribution in [-0.4, -0.2) is 22.3 Å². The summed E-state index contributed by atoms with van der Waals surface area (Å²) >= 11 is 0. The zero-order valence-electron chi connectivity index (χ0n) is 16.4. The standard InChI is InChI=1S/C23H21N5O2/c1-29-21-10-6-5-7-17(21)15-24-23-27-22(16-25-28-23)26-18-11-13-20(14-12-18)30-19-8-3-2-4-9-19/h2-14,16H,15H2,1H3,(H2,24,26,27,28). The lowest BCUT2D eigenvalue weighted by atomic mass is 10.2. The predicted molar refractivity (Wildman–Crippen MR) is 116 cm³/mol. The van der Waals surface area contributed by atoms with Crippen LogP contribution >= 0.6 is 0 Å². The van der Waals surface area contributed by atoms with Crippen molar-refractivity contribution in [2.24, 2.45) is 0 Å². The molecule has 0 aliphatic rings. The summed E-state index contributed by atoms with van der Waals surface area (Å²) < 4.78 is 11.2. The average molecular weight is 399 g/mol. The topological polar surface area (TPSA) is 81.2 Å². The Morgan fingerprint density at radius 3 is 2.37 bits per heavy atom. The lowest BCUT2D eigenvalue weighted by Crippen LogP contribution is -2.07. The van der Waals surface area contributed by atoms with E-state index in [1.807, 2.05) is 78.9 Å². The molecular formula is C23H21N5O2. The highest BCUT2D eigenvalue weighted by Gasteiger charge is 2.05. The van der Waals surface area contributed by atoms with Gasteiger partial charge in [0.1, 0.15) is 17.2 Å². The maximum Gasteiger partial charge on any atom is 0.244 e. The second-order valence-electron chi connectivity index (χ2n) is 6.40. The lowest BCUT2D eigenvalue weighted by molar-refractivity contribution is 0.410. The van der Waals surface area contributed by atoms with Crippen molar-refractivity contribution in [3.63, 3.8) is 0 Å². The largest absolute Gasteiger partial charge is 0.496 e. The molecule has 1 heterocycles. The van der Waals surface area contributed by atoms with Crippen molar-refractivity contribution in [2.75, 3.05) is 17.7 Å². The predicted octanol–water partition coefficient (Wildman–Crippen LogP) is 5.03. The summed E-state index contributed by atoms with van der Waals surface area (Å²) in [5, 5.41) is 14.5. The number of anilines is 3. The van der Waals surface area contributed by atoms with Gasteiger partial charge in [0.2, 0.25) is 5.95 Å². The van der Waals surface area contributed by atoms with Crippen LogP contribution in [0.25, 0.3) is 0 Å². The number of aromatic nitrogens is 3. The fourth-order valence-corrected chi connectivity index (χ4v) is 2.84.